The summed E-state index contributed by atoms with van der Waals surface area (Å²) in [5.74, 6) is -2.65. The van der Waals surface area contributed by atoms with Crippen molar-refractivity contribution >= 4 is 11.9 Å². The Balaban J connectivity index is 2.40. The Morgan fingerprint density at radius 2 is 1.73 bits per heavy atom. The molecule has 0 spiro atoms. The lowest BCUT2D eigenvalue weighted by atomic mass is 9.97. The number of hydrogen-bond donors (Lipinski definition) is 2. The van der Waals surface area contributed by atoms with Crippen LogP contribution >= 0.6 is 0 Å². The van der Waals surface area contributed by atoms with Crippen LogP contribution in [-0.4, -0.2) is 31.2 Å². The number of rotatable bonds is 6. The van der Waals surface area contributed by atoms with Crippen LogP contribution in [0.5, 0.6) is 11.5 Å². The third-order valence-electron chi connectivity index (χ3n) is 4.20. The molecule has 7 heteroatoms. The number of carbonyl (C=O) groups is 2. The molecule has 0 bridgehead atoms. The van der Waals surface area contributed by atoms with Gasteiger partial charge in [-0.1, -0.05) is 18.2 Å². The highest BCUT2D eigenvalue weighted by molar-refractivity contribution is 5.97. The minimum atomic E-state index is -1.31. The van der Waals surface area contributed by atoms with Crippen molar-refractivity contribution in [1.82, 2.24) is 5.32 Å². The van der Waals surface area contributed by atoms with Crippen LogP contribution in [0, 0.1) is 19.7 Å². The molecule has 6 nitrogen and oxygen atoms in total. The van der Waals surface area contributed by atoms with Crippen LogP contribution in [-0.2, 0) is 4.79 Å². The summed E-state index contributed by atoms with van der Waals surface area (Å²) in [7, 11) is 2.70. The molecule has 26 heavy (non-hydrogen) atoms. The third-order valence-corrected chi connectivity index (χ3v) is 4.20. The maximum Gasteiger partial charge on any atom is 0.330 e. The summed E-state index contributed by atoms with van der Waals surface area (Å²) in [6.45, 7) is 3.61. The number of amides is 1. The number of nitrogens with one attached hydrogen (secondary N) is 1. The first-order valence-electron chi connectivity index (χ1n) is 7.81. The van der Waals surface area contributed by atoms with Crippen LogP contribution in [0.25, 0.3) is 0 Å². The van der Waals surface area contributed by atoms with Gasteiger partial charge < -0.3 is 19.9 Å². The van der Waals surface area contributed by atoms with Crippen molar-refractivity contribution < 1.29 is 28.6 Å². The largest absolute Gasteiger partial charge is 0.493 e. The molecular weight excluding hydrogens is 341 g/mol. The lowest BCUT2D eigenvalue weighted by molar-refractivity contribution is -0.139. The second kappa shape index (κ2) is 7.86. The highest BCUT2D eigenvalue weighted by Gasteiger charge is 2.26. The first-order valence-corrected chi connectivity index (χ1v) is 7.81. The number of carboxylic acids is 1. The van der Waals surface area contributed by atoms with E-state index in [2.05, 4.69) is 5.32 Å². The highest BCUT2D eigenvalue weighted by Crippen LogP contribution is 2.30. The standard InChI is InChI=1S/C19H20FNO5/c1-10-6-5-7-12(11(10)2)17(19(23)24)21-18(22)13-8-15(25-3)16(26-4)9-14(13)20/h5-9,17H,1-4H3,(H,21,22)(H,23,24). The van der Waals surface area contributed by atoms with Gasteiger partial charge in [0, 0.05) is 6.07 Å². The van der Waals surface area contributed by atoms with Gasteiger partial charge in [0.2, 0.25) is 0 Å². The molecule has 0 aliphatic carbocycles. The van der Waals surface area contributed by atoms with Gasteiger partial charge in [-0.05, 0) is 36.6 Å². The maximum absolute atomic E-state index is 14.3. The molecule has 0 heterocycles. The summed E-state index contributed by atoms with van der Waals surface area (Å²) < 4.78 is 24.3. The Labute approximate surface area is 150 Å². The molecule has 2 rings (SSSR count). The number of ether oxygens (including phenoxy) is 2. The van der Waals surface area contributed by atoms with Gasteiger partial charge in [-0.2, -0.15) is 0 Å². The topological polar surface area (TPSA) is 84.9 Å². The van der Waals surface area contributed by atoms with E-state index in [1.807, 2.05) is 13.0 Å². The van der Waals surface area contributed by atoms with E-state index in [1.165, 1.54) is 20.3 Å². The van der Waals surface area contributed by atoms with Crippen LogP contribution in [0.15, 0.2) is 30.3 Å². The maximum atomic E-state index is 14.3. The zero-order chi connectivity index (χ0) is 19.4. The van der Waals surface area contributed by atoms with Gasteiger partial charge in [0.15, 0.2) is 17.5 Å². The fourth-order valence-corrected chi connectivity index (χ4v) is 2.60. The smallest absolute Gasteiger partial charge is 0.330 e. The molecular formula is C19H20FNO5. The molecule has 0 aromatic heterocycles. The van der Waals surface area contributed by atoms with E-state index >= 15 is 0 Å². The summed E-state index contributed by atoms with van der Waals surface area (Å²) >= 11 is 0. The molecule has 2 N–H and O–H groups in total. The first kappa shape index (κ1) is 19.2. The summed E-state index contributed by atoms with van der Waals surface area (Å²) in [5.41, 5.74) is 1.74. The number of aryl methyl sites for hydroxylation is 1. The fraction of sp³-hybridized carbons (Fsp3) is 0.263. The molecule has 138 valence electrons. The number of benzene rings is 2. The SMILES string of the molecule is COc1cc(F)c(C(=O)NC(C(=O)O)c2cccc(C)c2C)cc1OC. The van der Waals surface area contributed by atoms with Gasteiger partial charge in [-0.15, -0.1) is 0 Å². The molecule has 1 unspecified atom stereocenters. The van der Waals surface area contributed by atoms with Crippen LogP contribution in [0.3, 0.4) is 0 Å². The Hall–Kier alpha value is -3.09. The zero-order valence-corrected chi connectivity index (χ0v) is 14.9. The van der Waals surface area contributed by atoms with Crippen LogP contribution < -0.4 is 14.8 Å². The van der Waals surface area contributed by atoms with E-state index in [4.69, 9.17) is 9.47 Å². The van der Waals surface area contributed by atoms with Crippen molar-refractivity contribution in [3.63, 3.8) is 0 Å². The fourth-order valence-electron chi connectivity index (χ4n) is 2.60. The Morgan fingerprint density at radius 3 is 2.31 bits per heavy atom. The van der Waals surface area contributed by atoms with E-state index in [-0.39, 0.29) is 17.1 Å². The molecule has 1 amide bonds. The Kier molecular flexibility index (Phi) is 5.82. The van der Waals surface area contributed by atoms with Gasteiger partial charge >= 0.3 is 5.97 Å². The predicted octanol–water partition coefficient (Wildman–Crippen LogP) is 3.02. The van der Waals surface area contributed by atoms with Crippen LogP contribution in [0.4, 0.5) is 4.39 Å². The summed E-state index contributed by atoms with van der Waals surface area (Å²) in [4.78, 5) is 24.2. The monoisotopic (exact) mass is 361 g/mol. The van der Waals surface area contributed by atoms with Gasteiger partial charge in [0.05, 0.1) is 19.8 Å². The average molecular weight is 361 g/mol. The lowest BCUT2D eigenvalue weighted by Gasteiger charge is -2.19. The third kappa shape index (κ3) is 3.77. The van der Waals surface area contributed by atoms with Crippen molar-refractivity contribution in [2.75, 3.05) is 14.2 Å². The van der Waals surface area contributed by atoms with Crippen molar-refractivity contribution in [2.45, 2.75) is 19.9 Å². The molecule has 0 saturated heterocycles. The van der Waals surface area contributed by atoms with Crippen LogP contribution in [0.1, 0.15) is 33.1 Å². The molecule has 0 aliphatic rings. The summed E-state index contributed by atoms with van der Waals surface area (Å²) in [6.07, 6.45) is 0. The second-order valence-electron chi connectivity index (χ2n) is 5.72. The van der Waals surface area contributed by atoms with Gasteiger partial charge in [0.25, 0.3) is 5.91 Å². The van der Waals surface area contributed by atoms with Crippen molar-refractivity contribution in [3.8, 4) is 11.5 Å². The number of halogens is 1. The quantitative estimate of drug-likeness (QED) is 0.826. The van der Waals surface area contributed by atoms with E-state index in [0.717, 1.165) is 17.2 Å². The number of carboxylic acid groups (broad SMARTS) is 1. The number of aliphatic carboxylic acids is 1. The number of carbonyl (C=O) groups excluding carboxylic acids is 1. The Bertz CT molecular complexity index is 850. The molecule has 2 aromatic rings. The van der Waals surface area contributed by atoms with Crippen molar-refractivity contribution in [1.29, 1.82) is 0 Å². The van der Waals surface area contributed by atoms with Crippen molar-refractivity contribution in [2.24, 2.45) is 0 Å². The summed E-state index contributed by atoms with van der Waals surface area (Å²) in [6, 6.07) is 6.04. The molecule has 0 aliphatic heterocycles. The zero-order valence-electron chi connectivity index (χ0n) is 14.9. The lowest BCUT2D eigenvalue weighted by Crippen LogP contribution is -2.34. The van der Waals surface area contributed by atoms with Crippen LogP contribution in [0.2, 0.25) is 0 Å². The minimum Gasteiger partial charge on any atom is -0.493 e. The molecule has 0 fully saturated rings. The van der Waals surface area contributed by atoms with Gasteiger partial charge in [-0.3, -0.25) is 4.79 Å². The average Bonchev–Trinajstić information content (AvgIpc) is 2.61. The first-order chi connectivity index (χ1) is 12.3. The second-order valence-corrected chi connectivity index (χ2v) is 5.72. The van der Waals surface area contributed by atoms with E-state index in [9.17, 15) is 19.1 Å². The molecule has 1 atom stereocenters. The van der Waals surface area contributed by atoms with E-state index in [0.29, 0.717) is 5.56 Å². The van der Waals surface area contributed by atoms with Gasteiger partial charge in [0.1, 0.15) is 5.82 Å². The molecule has 2 aromatic carbocycles. The molecule has 0 saturated carbocycles. The Morgan fingerprint density at radius 1 is 1.12 bits per heavy atom. The number of hydrogen-bond acceptors (Lipinski definition) is 4. The summed E-state index contributed by atoms with van der Waals surface area (Å²) in [5, 5.41) is 11.9. The predicted molar refractivity (Wildman–Crippen MR) is 93.3 cm³/mol. The van der Waals surface area contributed by atoms with E-state index in [1.54, 1.807) is 19.1 Å². The van der Waals surface area contributed by atoms with E-state index < -0.39 is 23.7 Å². The normalized spacial score (nSPS) is 11.6. The number of methoxy groups -OCH3 is 2. The van der Waals surface area contributed by atoms with Crippen molar-refractivity contribution in [3.05, 3.63) is 58.4 Å². The molecule has 0 radical (unpaired) electrons. The van der Waals surface area contributed by atoms with Gasteiger partial charge in [-0.25, -0.2) is 9.18 Å². The minimum absolute atomic E-state index is 0.130. The highest BCUT2D eigenvalue weighted by atomic mass is 19.1.